The highest BCUT2D eigenvalue weighted by Gasteiger charge is 2.16. The average Bonchev–Trinajstić information content (AvgIpc) is 2.61. The van der Waals surface area contributed by atoms with Crippen LogP contribution in [0.2, 0.25) is 0 Å². The van der Waals surface area contributed by atoms with Crippen molar-refractivity contribution in [3.8, 4) is 0 Å². The van der Waals surface area contributed by atoms with Crippen LogP contribution in [0.25, 0.3) is 0 Å². The maximum absolute atomic E-state index is 12.1. The van der Waals surface area contributed by atoms with Crippen molar-refractivity contribution in [3.63, 3.8) is 0 Å². The number of likely N-dealkylation sites (N-methyl/N-ethyl adjacent to an activating group) is 1. The predicted octanol–water partition coefficient (Wildman–Crippen LogP) is 0.553. The van der Waals surface area contributed by atoms with Gasteiger partial charge in [-0.3, -0.25) is 9.78 Å². The first kappa shape index (κ1) is 15.4. The summed E-state index contributed by atoms with van der Waals surface area (Å²) >= 11 is 0. The van der Waals surface area contributed by atoms with Crippen LogP contribution in [0.1, 0.15) is 16.1 Å². The second kappa shape index (κ2) is 7.15. The van der Waals surface area contributed by atoms with E-state index in [1.54, 1.807) is 18.6 Å². The van der Waals surface area contributed by atoms with Crippen LogP contribution in [0.3, 0.4) is 0 Å². The maximum Gasteiger partial charge on any atom is 0.271 e. The highest BCUT2D eigenvalue weighted by molar-refractivity contribution is 5.91. The van der Waals surface area contributed by atoms with E-state index < -0.39 is 0 Å². The van der Waals surface area contributed by atoms with Crippen LogP contribution in [0.4, 0.5) is 5.82 Å². The molecule has 0 bridgehead atoms. The number of piperazine rings is 1. The van der Waals surface area contributed by atoms with E-state index >= 15 is 0 Å². The molecule has 1 fully saturated rings. The predicted molar refractivity (Wildman–Crippen MR) is 87.1 cm³/mol. The summed E-state index contributed by atoms with van der Waals surface area (Å²) in [6.07, 6.45) is 6.61. The number of hydrogen-bond acceptors (Lipinski definition) is 6. The number of amides is 1. The average molecular weight is 312 g/mol. The van der Waals surface area contributed by atoms with Gasteiger partial charge in [0.15, 0.2) is 0 Å². The smallest absolute Gasteiger partial charge is 0.271 e. The Morgan fingerprint density at radius 3 is 2.52 bits per heavy atom. The number of pyridine rings is 1. The molecule has 7 nitrogen and oxygen atoms in total. The standard InChI is InChI=1S/C16H20N6O/c1-21-6-8-22(9-7-21)15-12-18-14(11-19-15)16(23)20-10-13-2-4-17-5-3-13/h2-5,11-12H,6-10H2,1H3,(H,20,23). The lowest BCUT2D eigenvalue weighted by Crippen LogP contribution is -2.44. The molecule has 0 aromatic carbocycles. The van der Waals surface area contributed by atoms with Crippen molar-refractivity contribution in [3.05, 3.63) is 48.2 Å². The first-order chi connectivity index (χ1) is 11.2. The van der Waals surface area contributed by atoms with Crippen molar-refractivity contribution < 1.29 is 4.79 Å². The van der Waals surface area contributed by atoms with Gasteiger partial charge in [0.1, 0.15) is 11.5 Å². The Hall–Kier alpha value is -2.54. The molecule has 3 heterocycles. The normalized spacial score (nSPS) is 15.4. The molecule has 7 heteroatoms. The lowest BCUT2D eigenvalue weighted by molar-refractivity contribution is 0.0945. The van der Waals surface area contributed by atoms with Gasteiger partial charge in [-0.2, -0.15) is 0 Å². The van der Waals surface area contributed by atoms with Crippen LogP contribution in [0.5, 0.6) is 0 Å². The Kier molecular flexibility index (Phi) is 4.77. The number of anilines is 1. The summed E-state index contributed by atoms with van der Waals surface area (Å²) in [5, 5.41) is 2.83. The van der Waals surface area contributed by atoms with Gasteiger partial charge in [-0.15, -0.1) is 0 Å². The van der Waals surface area contributed by atoms with Gasteiger partial charge in [0.2, 0.25) is 0 Å². The van der Waals surface area contributed by atoms with E-state index in [0.717, 1.165) is 37.6 Å². The SMILES string of the molecule is CN1CCN(c2cnc(C(=O)NCc3ccncc3)cn2)CC1. The number of carbonyl (C=O) groups is 1. The molecule has 23 heavy (non-hydrogen) atoms. The maximum atomic E-state index is 12.1. The summed E-state index contributed by atoms with van der Waals surface area (Å²) in [6.45, 7) is 4.33. The highest BCUT2D eigenvalue weighted by atomic mass is 16.1. The zero-order chi connectivity index (χ0) is 16.1. The molecule has 0 radical (unpaired) electrons. The molecule has 120 valence electrons. The number of nitrogens with one attached hydrogen (secondary N) is 1. The number of carbonyl (C=O) groups excluding carboxylic acids is 1. The van der Waals surface area contributed by atoms with Gasteiger partial charge < -0.3 is 15.1 Å². The van der Waals surface area contributed by atoms with E-state index in [1.165, 1.54) is 6.20 Å². The lowest BCUT2D eigenvalue weighted by atomic mass is 10.2. The van der Waals surface area contributed by atoms with Crippen molar-refractivity contribution in [2.24, 2.45) is 0 Å². The summed E-state index contributed by atoms with van der Waals surface area (Å²) in [5.74, 6) is 0.600. The molecule has 0 aliphatic carbocycles. The third-order valence-corrected chi connectivity index (χ3v) is 3.90. The summed E-state index contributed by atoms with van der Waals surface area (Å²) in [4.78, 5) is 29.1. The topological polar surface area (TPSA) is 74.2 Å². The first-order valence-electron chi connectivity index (χ1n) is 7.65. The fraction of sp³-hybridized carbons (Fsp3) is 0.375. The van der Waals surface area contributed by atoms with Crippen LogP contribution >= 0.6 is 0 Å². The molecule has 1 N–H and O–H groups in total. The van der Waals surface area contributed by atoms with E-state index in [-0.39, 0.29) is 5.91 Å². The largest absolute Gasteiger partial charge is 0.353 e. The van der Waals surface area contributed by atoms with Gasteiger partial charge in [-0.1, -0.05) is 0 Å². The number of rotatable bonds is 4. The van der Waals surface area contributed by atoms with Crippen LogP contribution in [0.15, 0.2) is 36.9 Å². The summed E-state index contributed by atoms with van der Waals surface area (Å²) in [5.41, 5.74) is 1.33. The van der Waals surface area contributed by atoms with Crippen molar-refractivity contribution in [1.29, 1.82) is 0 Å². The zero-order valence-electron chi connectivity index (χ0n) is 13.1. The Morgan fingerprint density at radius 1 is 1.13 bits per heavy atom. The Morgan fingerprint density at radius 2 is 1.87 bits per heavy atom. The van der Waals surface area contributed by atoms with E-state index in [0.29, 0.717) is 12.2 Å². The fourth-order valence-electron chi connectivity index (χ4n) is 2.41. The molecule has 1 saturated heterocycles. The monoisotopic (exact) mass is 312 g/mol. The molecule has 0 atom stereocenters. The Balaban J connectivity index is 1.57. The molecule has 3 rings (SSSR count). The summed E-state index contributed by atoms with van der Waals surface area (Å²) in [6, 6.07) is 3.73. The molecule has 2 aromatic heterocycles. The van der Waals surface area contributed by atoms with Gasteiger partial charge in [0.25, 0.3) is 5.91 Å². The number of nitrogens with zero attached hydrogens (tertiary/aromatic N) is 5. The van der Waals surface area contributed by atoms with Gasteiger partial charge in [0, 0.05) is 45.1 Å². The van der Waals surface area contributed by atoms with Gasteiger partial charge in [-0.05, 0) is 24.7 Å². The highest BCUT2D eigenvalue weighted by Crippen LogP contribution is 2.11. The molecule has 0 spiro atoms. The quantitative estimate of drug-likeness (QED) is 0.889. The van der Waals surface area contributed by atoms with Crippen LogP contribution in [-0.4, -0.2) is 59.0 Å². The minimum Gasteiger partial charge on any atom is -0.353 e. The molecule has 2 aromatic rings. The molecule has 0 saturated carbocycles. The molecule has 0 unspecified atom stereocenters. The molecular weight excluding hydrogens is 292 g/mol. The van der Waals surface area contributed by atoms with E-state index in [2.05, 4.69) is 37.1 Å². The zero-order valence-corrected chi connectivity index (χ0v) is 13.1. The number of aromatic nitrogens is 3. The van der Waals surface area contributed by atoms with E-state index in [9.17, 15) is 4.79 Å². The minimum absolute atomic E-state index is 0.223. The van der Waals surface area contributed by atoms with Gasteiger partial charge in [-0.25, -0.2) is 9.97 Å². The van der Waals surface area contributed by atoms with Crippen molar-refractivity contribution in [1.82, 2.24) is 25.2 Å². The van der Waals surface area contributed by atoms with Gasteiger partial charge in [0.05, 0.1) is 12.4 Å². The van der Waals surface area contributed by atoms with E-state index in [1.807, 2.05) is 12.1 Å². The van der Waals surface area contributed by atoms with Crippen molar-refractivity contribution in [2.45, 2.75) is 6.54 Å². The number of hydrogen-bond donors (Lipinski definition) is 1. The van der Waals surface area contributed by atoms with Crippen molar-refractivity contribution in [2.75, 3.05) is 38.1 Å². The summed E-state index contributed by atoms with van der Waals surface area (Å²) < 4.78 is 0. The molecule has 1 aliphatic rings. The summed E-state index contributed by atoms with van der Waals surface area (Å²) in [7, 11) is 2.11. The van der Waals surface area contributed by atoms with E-state index in [4.69, 9.17) is 0 Å². The Labute approximate surface area is 135 Å². The third-order valence-electron chi connectivity index (χ3n) is 3.90. The second-order valence-corrected chi connectivity index (χ2v) is 5.59. The first-order valence-corrected chi connectivity index (χ1v) is 7.65. The molecular formula is C16H20N6O. The van der Waals surface area contributed by atoms with Gasteiger partial charge >= 0.3 is 0 Å². The molecule has 1 amide bonds. The van der Waals surface area contributed by atoms with Crippen LogP contribution in [0, 0.1) is 0 Å². The van der Waals surface area contributed by atoms with Crippen molar-refractivity contribution >= 4 is 11.7 Å². The lowest BCUT2D eigenvalue weighted by Gasteiger charge is -2.32. The Bertz CT molecular complexity index is 637. The third kappa shape index (κ3) is 4.01. The minimum atomic E-state index is -0.223. The second-order valence-electron chi connectivity index (χ2n) is 5.59. The fourth-order valence-corrected chi connectivity index (χ4v) is 2.41. The van der Waals surface area contributed by atoms with Crippen LogP contribution < -0.4 is 10.2 Å². The van der Waals surface area contributed by atoms with Crippen LogP contribution in [-0.2, 0) is 6.54 Å². The molecule has 1 aliphatic heterocycles.